The molecular weight excluding hydrogens is 212 g/mol. The largest absolute Gasteiger partial charge is 0.478 e. The third-order valence-electron chi connectivity index (χ3n) is 1.81. The zero-order valence-electron chi connectivity index (χ0n) is 7.95. The number of benzene rings is 1. The Kier molecular flexibility index (Phi) is 3.35. The Hall–Kier alpha value is -2.68. The Bertz CT molecular complexity index is 514. The second-order valence-corrected chi connectivity index (χ2v) is 2.80. The van der Waals surface area contributed by atoms with E-state index in [-0.39, 0.29) is 16.8 Å². The molecule has 0 amide bonds. The zero-order valence-corrected chi connectivity index (χ0v) is 7.95. The van der Waals surface area contributed by atoms with Crippen LogP contribution < -0.4 is 0 Å². The van der Waals surface area contributed by atoms with Crippen molar-refractivity contribution in [3.8, 4) is 6.07 Å². The van der Waals surface area contributed by atoms with Gasteiger partial charge in [-0.05, 0) is 17.7 Å². The lowest BCUT2D eigenvalue weighted by molar-refractivity contribution is -0.384. The number of nitro benzene ring substituents is 1. The van der Waals surface area contributed by atoms with Gasteiger partial charge >= 0.3 is 5.97 Å². The van der Waals surface area contributed by atoms with E-state index in [1.165, 1.54) is 6.08 Å². The summed E-state index contributed by atoms with van der Waals surface area (Å²) in [4.78, 5) is 20.6. The SMILES string of the molecule is N#C/C=C/c1cc([N+](=O)[O-])ccc1C(=O)O. The average molecular weight is 218 g/mol. The van der Waals surface area contributed by atoms with Gasteiger partial charge in [0.05, 0.1) is 16.6 Å². The van der Waals surface area contributed by atoms with Crippen LogP contribution in [0.2, 0.25) is 0 Å². The van der Waals surface area contributed by atoms with Gasteiger partial charge in [0.15, 0.2) is 0 Å². The van der Waals surface area contributed by atoms with Crippen LogP contribution in [0.5, 0.6) is 0 Å². The molecule has 16 heavy (non-hydrogen) atoms. The van der Waals surface area contributed by atoms with Crippen LogP contribution in [0.25, 0.3) is 6.08 Å². The molecule has 0 saturated carbocycles. The standard InChI is InChI=1S/C10H6N2O4/c11-5-1-2-7-6-8(12(15)16)3-4-9(7)10(13)14/h1-4,6H,(H,13,14)/b2-1+. The van der Waals surface area contributed by atoms with Crippen LogP contribution in [-0.4, -0.2) is 16.0 Å². The van der Waals surface area contributed by atoms with E-state index in [9.17, 15) is 14.9 Å². The Labute approximate surface area is 90.2 Å². The van der Waals surface area contributed by atoms with Gasteiger partial charge in [0.25, 0.3) is 5.69 Å². The van der Waals surface area contributed by atoms with Crippen molar-refractivity contribution in [2.24, 2.45) is 0 Å². The lowest BCUT2D eigenvalue weighted by Gasteiger charge is -2.00. The fraction of sp³-hybridized carbons (Fsp3) is 0. The quantitative estimate of drug-likeness (QED) is 0.473. The number of allylic oxidation sites excluding steroid dienone is 1. The van der Waals surface area contributed by atoms with Gasteiger partial charge in [0, 0.05) is 18.2 Å². The predicted octanol–water partition coefficient (Wildman–Crippen LogP) is 1.83. The maximum absolute atomic E-state index is 10.8. The molecule has 0 atom stereocenters. The molecule has 0 spiro atoms. The number of carboxylic acids is 1. The van der Waals surface area contributed by atoms with Gasteiger partial charge in [-0.2, -0.15) is 5.26 Å². The van der Waals surface area contributed by atoms with Crippen LogP contribution in [-0.2, 0) is 0 Å². The number of carboxylic acid groups (broad SMARTS) is 1. The second-order valence-electron chi connectivity index (χ2n) is 2.80. The van der Waals surface area contributed by atoms with Crippen molar-refractivity contribution in [3.63, 3.8) is 0 Å². The predicted molar refractivity (Wildman–Crippen MR) is 54.7 cm³/mol. The van der Waals surface area contributed by atoms with Crippen molar-refractivity contribution in [1.82, 2.24) is 0 Å². The summed E-state index contributed by atoms with van der Waals surface area (Å²) >= 11 is 0. The molecule has 1 aromatic rings. The fourth-order valence-electron chi connectivity index (χ4n) is 1.12. The second kappa shape index (κ2) is 4.70. The third kappa shape index (κ3) is 2.42. The topological polar surface area (TPSA) is 104 Å². The smallest absolute Gasteiger partial charge is 0.336 e. The van der Waals surface area contributed by atoms with E-state index in [1.807, 2.05) is 0 Å². The summed E-state index contributed by atoms with van der Waals surface area (Å²) in [6.45, 7) is 0. The lowest BCUT2D eigenvalue weighted by atomic mass is 10.1. The summed E-state index contributed by atoms with van der Waals surface area (Å²) in [5.74, 6) is -1.20. The lowest BCUT2D eigenvalue weighted by Crippen LogP contribution is -2.00. The molecule has 0 aliphatic carbocycles. The van der Waals surface area contributed by atoms with Gasteiger partial charge in [-0.3, -0.25) is 10.1 Å². The molecule has 0 aliphatic heterocycles. The van der Waals surface area contributed by atoms with E-state index in [0.29, 0.717) is 0 Å². The molecule has 0 aromatic heterocycles. The Morgan fingerprint density at radius 2 is 2.25 bits per heavy atom. The van der Waals surface area contributed by atoms with Gasteiger partial charge < -0.3 is 5.11 Å². The van der Waals surface area contributed by atoms with E-state index >= 15 is 0 Å². The van der Waals surface area contributed by atoms with Crippen LogP contribution in [0.15, 0.2) is 24.3 Å². The van der Waals surface area contributed by atoms with Crippen LogP contribution in [0.4, 0.5) is 5.69 Å². The molecule has 0 fully saturated rings. The number of hydrogen-bond acceptors (Lipinski definition) is 4. The minimum atomic E-state index is -1.20. The number of nitro groups is 1. The highest BCUT2D eigenvalue weighted by Crippen LogP contribution is 2.19. The number of rotatable bonds is 3. The van der Waals surface area contributed by atoms with E-state index < -0.39 is 10.9 Å². The first kappa shape index (κ1) is 11.4. The molecule has 0 saturated heterocycles. The first-order chi connectivity index (χ1) is 7.56. The summed E-state index contributed by atoms with van der Waals surface area (Å²) < 4.78 is 0. The van der Waals surface area contributed by atoms with Crippen LogP contribution in [0.3, 0.4) is 0 Å². The third-order valence-corrected chi connectivity index (χ3v) is 1.81. The molecule has 0 radical (unpaired) electrons. The molecule has 6 nitrogen and oxygen atoms in total. The Balaban J connectivity index is 3.33. The number of carbonyl (C=O) groups is 1. The van der Waals surface area contributed by atoms with E-state index in [4.69, 9.17) is 10.4 Å². The van der Waals surface area contributed by atoms with Gasteiger partial charge in [0.1, 0.15) is 0 Å². The van der Waals surface area contributed by atoms with Gasteiger partial charge in [0.2, 0.25) is 0 Å². The molecular formula is C10H6N2O4. The van der Waals surface area contributed by atoms with Crippen LogP contribution in [0, 0.1) is 21.4 Å². The molecule has 0 heterocycles. The number of non-ortho nitro benzene ring substituents is 1. The molecule has 0 unspecified atom stereocenters. The summed E-state index contributed by atoms with van der Waals surface area (Å²) in [6, 6.07) is 5.04. The Morgan fingerprint density at radius 3 is 2.75 bits per heavy atom. The monoisotopic (exact) mass is 218 g/mol. The molecule has 80 valence electrons. The highest BCUT2D eigenvalue weighted by Gasteiger charge is 2.13. The number of nitrogens with zero attached hydrogens (tertiary/aromatic N) is 2. The van der Waals surface area contributed by atoms with Gasteiger partial charge in [-0.15, -0.1) is 0 Å². The molecule has 6 heteroatoms. The molecule has 0 aliphatic rings. The van der Waals surface area contributed by atoms with Gasteiger partial charge in [-0.1, -0.05) is 0 Å². The summed E-state index contributed by atoms with van der Waals surface area (Å²) in [5.41, 5.74) is -0.178. The van der Waals surface area contributed by atoms with Crippen molar-refractivity contribution >= 4 is 17.7 Å². The molecule has 1 rings (SSSR count). The fourth-order valence-corrected chi connectivity index (χ4v) is 1.12. The summed E-state index contributed by atoms with van der Waals surface area (Å²) in [6.07, 6.45) is 2.28. The maximum Gasteiger partial charge on any atom is 0.336 e. The Morgan fingerprint density at radius 1 is 1.56 bits per heavy atom. The van der Waals surface area contributed by atoms with Crippen molar-refractivity contribution in [2.45, 2.75) is 0 Å². The van der Waals surface area contributed by atoms with Crippen molar-refractivity contribution in [3.05, 3.63) is 45.5 Å². The van der Waals surface area contributed by atoms with Crippen molar-refractivity contribution in [1.29, 1.82) is 5.26 Å². The number of nitriles is 1. The molecule has 1 N–H and O–H groups in total. The summed E-state index contributed by atoms with van der Waals surface area (Å²) in [5, 5.41) is 27.6. The zero-order chi connectivity index (χ0) is 12.1. The van der Waals surface area contributed by atoms with Crippen LogP contribution in [0.1, 0.15) is 15.9 Å². The highest BCUT2D eigenvalue weighted by atomic mass is 16.6. The highest BCUT2D eigenvalue weighted by molar-refractivity contribution is 5.92. The van der Waals surface area contributed by atoms with Crippen molar-refractivity contribution < 1.29 is 14.8 Å². The number of hydrogen-bond donors (Lipinski definition) is 1. The van der Waals surface area contributed by atoms with E-state index in [2.05, 4.69) is 0 Å². The van der Waals surface area contributed by atoms with E-state index in [0.717, 1.165) is 24.3 Å². The number of aromatic carboxylic acids is 1. The van der Waals surface area contributed by atoms with Crippen molar-refractivity contribution in [2.75, 3.05) is 0 Å². The normalized spacial score (nSPS) is 9.94. The maximum atomic E-state index is 10.8. The van der Waals surface area contributed by atoms with E-state index in [1.54, 1.807) is 6.07 Å². The minimum Gasteiger partial charge on any atom is -0.478 e. The summed E-state index contributed by atoms with van der Waals surface area (Å²) in [7, 11) is 0. The first-order valence-electron chi connectivity index (χ1n) is 4.14. The molecule has 1 aromatic carbocycles. The first-order valence-corrected chi connectivity index (χ1v) is 4.14. The van der Waals surface area contributed by atoms with Gasteiger partial charge in [-0.25, -0.2) is 4.79 Å². The molecule has 0 bridgehead atoms. The van der Waals surface area contributed by atoms with Crippen LogP contribution >= 0.6 is 0 Å². The minimum absolute atomic E-state index is 0.0860. The average Bonchev–Trinajstić information content (AvgIpc) is 2.25.